The highest BCUT2D eigenvalue weighted by Crippen LogP contribution is 2.36. The summed E-state index contributed by atoms with van der Waals surface area (Å²) < 4.78 is 46.3. The normalized spacial score (nSPS) is 14.6. The molecule has 3 heterocycles. The Bertz CT molecular complexity index is 1360. The van der Waals surface area contributed by atoms with Crippen molar-refractivity contribution in [2.24, 2.45) is 0 Å². The highest BCUT2D eigenvalue weighted by atomic mass is 35.5. The molecular weight excluding hydrogens is 485 g/mol. The second-order valence-corrected chi connectivity index (χ2v) is 10.8. The van der Waals surface area contributed by atoms with Crippen LogP contribution >= 0.6 is 22.9 Å². The molecule has 1 aliphatic heterocycles. The third-order valence-electron chi connectivity index (χ3n) is 5.43. The number of halogens is 2. The van der Waals surface area contributed by atoms with Crippen molar-refractivity contribution in [3.05, 3.63) is 76.9 Å². The summed E-state index contributed by atoms with van der Waals surface area (Å²) in [5.74, 6) is -0.0582. The molecule has 2 aromatic carbocycles. The number of hydrogen-bond acceptors (Lipinski definition) is 7. The first kappa shape index (κ1) is 21.9. The first-order valence-corrected chi connectivity index (χ1v) is 13.0. The first-order chi connectivity index (χ1) is 15.9. The van der Waals surface area contributed by atoms with Gasteiger partial charge < -0.3 is 14.2 Å². The van der Waals surface area contributed by atoms with Crippen LogP contribution in [0.4, 0.5) is 16.0 Å². The summed E-state index contributed by atoms with van der Waals surface area (Å²) in [7, 11) is -4.02. The Morgan fingerprint density at radius 2 is 1.70 bits per heavy atom. The van der Waals surface area contributed by atoms with Gasteiger partial charge in [-0.1, -0.05) is 23.7 Å². The van der Waals surface area contributed by atoms with E-state index in [0.717, 1.165) is 22.7 Å². The number of piperazine rings is 1. The van der Waals surface area contributed by atoms with Gasteiger partial charge in [0.15, 0.2) is 0 Å². The van der Waals surface area contributed by atoms with E-state index in [1.54, 1.807) is 0 Å². The lowest BCUT2D eigenvalue weighted by Gasteiger charge is -2.36. The Morgan fingerprint density at radius 1 is 0.970 bits per heavy atom. The van der Waals surface area contributed by atoms with Crippen LogP contribution in [0.1, 0.15) is 0 Å². The van der Waals surface area contributed by atoms with Crippen molar-refractivity contribution in [3.8, 4) is 10.8 Å². The van der Waals surface area contributed by atoms with Gasteiger partial charge in [0.05, 0.1) is 9.77 Å². The van der Waals surface area contributed by atoms with Crippen molar-refractivity contribution < 1.29 is 17.2 Å². The minimum absolute atomic E-state index is 0.0336. The summed E-state index contributed by atoms with van der Waals surface area (Å²) in [6.07, 6.45) is 0. The summed E-state index contributed by atoms with van der Waals surface area (Å²) >= 11 is 7.54. The van der Waals surface area contributed by atoms with Crippen molar-refractivity contribution in [1.82, 2.24) is 4.98 Å². The second-order valence-electron chi connectivity index (χ2n) is 7.52. The Morgan fingerprint density at radius 3 is 2.36 bits per heavy atom. The summed E-state index contributed by atoms with van der Waals surface area (Å²) in [4.78, 5) is 9.15. The van der Waals surface area contributed by atoms with E-state index in [-0.39, 0.29) is 21.7 Å². The van der Waals surface area contributed by atoms with Crippen LogP contribution in [0.5, 0.6) is 0 Å². The quantitative estimate of drug-likeness (QED) is 0.342. The van der Waals surface area contributed by atoms with Crippen molar-refractivity contribution in [2.45, 2.75) is 9.92 Å². The van der Waals surface area contributed by atoms with E-state index in [1.807, 2.05) is 46.7 Å². The average Bonchev–Trinajstić information content (AvgIpc) is 3.50. The largest absolute Gasteiger partial charge is 0.418 e. The molecule has 0 amide bonds. The third kappa shape index (κ3) is 4.36. The maximum absolute atomic E-state index is 13.4. The van der Waals surface area contributed by atoms with Gasteiger partial charge in [-0.05, 0) is 53.9 Å². The Kier molecular flexibility index (Phi) is 5.86. The third-order valence-corrected chi connectivity index (χ3v) is 8.19. The van der Waals surface area contributed by atoms with Gasteiger partial charge in [-0.15, -0.1) is 11.3 Å². The van der Waals surface area contributed by atoms with E-state index >= 15 is 0 Å². The van der Waals surface area contributed by atoms with E-state index in [2.05, 4.69) is 9.88 Å². The summed E-state index contributed by atoms with van der Waals surface area (Å²) in [6.45, 7) is 2.39. The first-order valence-electron chi connectivity index (χ1n) is 10.2. The molecule has 0 saturated carbocycles. The maximum atomic E-state index is 13.4. The molecule has 6 nitrogen and oxygen atoms in total. The molecule has 0 unspecified atom stereocenters. The molecule has 0 spiro atoms. The number of oxazole rings is 1. The Hall–Kier alpha value is -2.88. The van der Waals surface area contributed by atoms with Crippen molar-refractivity contribution >= 4 is 44.3 Å². The molecule has 2 aromatic heterocycles. The van der Waals surface area contributed by atoms with Gasteiger partial charge in [-0.3, -0.25) is 0 Å². The van der Waals surface area contributed by atoms with Crippen LogP contribution in [0.25, 0.3) is 10.8 Å². The summed E-state index contributed by atoms with van der Waals surface area (Å²) in [5, 5.41) is 2.38. The maximum Gasteiger partial charge on any atom is 0.240 e. The van der Waals surface area contributed by atoms with Gasteiger partial charge >= 0.3 is 0 Å². The fraction of sp³-hybridized carbons (Fsp3) is 0.174. The number of thiophene rings is 1. The average molecular weight is 504 g/mol. The zero-order valence-electron chi connectivity index (χ0n) is 17.3. The van der Waals surface area contributed by atoms with Crippen LogP contribution < -0.4 is 9.80 Å². The van der Waals surface area contributed by atoms with Crippen LogP contribution in [-0.2, 0) is 9.84 Å². The van der Waals surface area contributed by atoms with Gasteiger partial charge in [0, 0.05) is 36.9 Å². The van der Waals surface area contributed by atoms with Gasteiger partial charge in [0.25, 0.3) is 0 Å². The predicted octanol–water partition coefficient (Wildman–Crippen LogP) is 5.36. The molecule has 4 aromatic rings. The van der Waals surface area contributed by atoms with E-state index in [0.29, 0.717) is 31.2 Å². The lowest BCUT2D eigenvalue weighted by atomic mass is 10.2. The van der Waals surface area contributed by atoms with Gasteiger partial charge in [-0.2, -0.15) is 4.98 Å². The number of anilines is 2. The van der Waals surface area contributed by atoms with Crippen LogP contribution in [0.15, 0.2) is 80.4 Å². The van der Waals surface area contributed by atoms with Crippen LogP contribution in [0.3, 0.4) is 0 Å². The number of hydrogen-bond donors (Lipinski definition) is 0. The van der Waals surface area contributed by atoms with Crippen molar-refractivity contribution in [3.63, 3.8) is 0 Å². The molecule has 0 bridgehead atoms. The molecule has 33 heavy (non-hydrogen) atoms. The lowest BCUT2D eigenvalue weighted by molar-refractivity contribution is 0.526. The molecule has 1 fully saturated rings. The molecule has 5 rings (SSSR count). The highest BCUT2D eigenvalue weighted by molar-refractivity contribution is 7.91. The fourth-order valence-electron chi connectivity index (χ4n) is 3.74. The van der Waals surface area contributed by atoms with Crippen molar-refractivity contribution in [1.29, 1.82) is 0 Å². The number of benzene rings is 2. The van der Waals surface area contributed by atoms with Gasteiger partial charge in [0.1, 0.15) is 5.82 Å². The zero-order valence-corrected chi connectivity index (χ0v) is 19.7. The van der Waals surface area contributed by atoms with E-state index < -0.39 is 15.7 Å². The van der Waals surface area contributed by atoms with Crippen LogP contribution in [0.2, 0.25) is 5.02 Å². The highest BCUT2D eigenvalue weighted by Gasteiger charge is 2.33. The Balaban J connectivity index is 1.49. The molecule has 0 N–H and O–H groups in total. The van der Waals surface area contributed by atoms with Crippen LogP contribution in [-0.4, -0.2) is 39.6 Å². The number of rotatable bonds is 5. The van der Waals surface area contributed by atoms with Gasteiger partial charge in [-0.25, -0.2) is 12.8 Å². The second kappa shape index (κ2) is 8.81. The minimum atomic E-state index is -4.02. The summed E-state index contributed by atoms with van der Waals surface area (Å²) in [6, 6.07) is 16.0. The number of aromatic nitrogens is 1. The van der Waals surface area contributed by atoms with E-state index in [9.17, 15) is 12.8 Å². The molecule has 0 radical (unpaired) electrons. The van der Waals surface area contributed by atoms with E-state index in [1.165, 1.54) is 23.5 Å². The SMILES string of the molecule is O=S(=O)(c1ccc(F)cc1)c1nc(-c2cccs2)oc1N1CCN(c2cccc(Cl)c2)CC1. The number of sulfone groups is 1. The van der Waals surface area contributed by atoms with Gasteiger partial charge in [0.2, 0.25) is 26.6 Å². The fourth-order valence-corrected chi connectivity index (χ4v) is 5.90. The molecule has 1 saturated heterocycles. The molecule has 1 aliphatic rings. The van der Waals surface area contributed by atoms with Crippen LogP contribution in [0, 0.1) is 5.82 Å². The number of nitrogens with zero attached hydrogens (tertiary/aromatic N) is 3. The van der Waals surface area contributed by atoms with Crippen molar-refractivity contribution in [2.75, 3.05) is 36.0 Å². The molecule has 0 atom stereocenters. The zero-order chi connectivity index (χ0) is 23.0. The molecule has 0 aliphatic carbocycles. The topological polar surface area (TPSA) is 66.7 Å². The standard InChI is InChI=1S/C23H19ClFN3O3S2/c24-16-3-1-4-18(15-16)27-10-12-28(13-11-27)23-22(26-21(31-23)20-5-2-14-32-20)33(29,30)19-8-6-17(25)7-9-19/h1-9,14-15H,10-13H2. The monoisotopic (exact) mass is 503 g/mol. The summed E-state index contributed by atoms with van der Waals surface area (Å²) in [5.41, 5.74) is 1.01. The lowest BCUT2D eigenvalue weighted by Crippen LogP contribution is -2.46. The molecular formula is C23H19ClFN3O3S2. The minimum Gasteiger partial charge on any atom is -0.418 e. The Labute approximate surface area is 199 Å². The molecule has 10 heteroatoms. The molecule has 170 valence electrons. The smallest absolute Gasteiger partial charge is 0.240 e. The predicted molar refractivity (Wildman–Crippen MR) is 128 cm³/mol. The van der Waals surface area contributed by atoms with E-state index in [4.69, 9.17) is 16.0 Å².